The minimum Gasteiger partial charge on any atom is -0.494 e. The molecular weight excluding hydrogens is 272 g/mol. The van der Waals surface area contributed by atoms with Crippen molar-refractivity contribution < 1.29 is 24.5 Å². The Morgan fingerprint density at radius 1 is 1.42 bits per heavy atom. The molecule has 104 valence electrons. The number of ether oxygens (including phenoxy) is 1. The van der Waals surface area contributed by atoms with Crippen LogP contribution >= 0.6 is 11.6 Å². The quantitative estimate of drug-likeness (QED) is 0.743. The molecule has 0 aliphatic heterocycles. The minimum absolute atomic E-state index is 0.0376. The Balaban J connectivity index is 3.14. The maximum Gasteiger partial charge on any atom is 0.337 e. The molecule has 1 unspecified atom stereocenters. The Morgan fingerprint density at radius 3 is 2.63 bits per heavy atom. The van der Waals surface area contributed by atoms with Gasteiger partial charge in [-0.15, -0.1) is 11.6 Å². The SMILES string of the molecule is CCOc1ccc(C(O)C(=O)O)c(CC(=O)CCl)c1. The van der Waals surface area contributed by atoms with Crippen molar-refractivity contribution in [1.82, 2.24) is 0 Å². The van der Waals surface area contributed by atoms with E-state index in [2.05, 4.69) is 0 Å². The van der Waals surface area contributed by atoms with Crippen LogP contribution in [-0.4, -0.2) is 34.5 Å². The largest absolute Gasteiger partial charge is 0.494 e. The fraction of sp³-hybridized carbons (Fsp3) is 0.385. The van der Waals surface area contributed by atoms with Crippen molar-refractivity contribution >= 4 is 23.4 Å². The first kappa shape index (κ1) is 15.5. The molecule has 0 aliphatic rings. The summed E-state index contributed by atoms with van der Waals surface area (Å²) in [5, 5.41) is 18.4. The molecule has 5 nitrogen and oxygen atoms in total. The number of halogens is 1. The Hall–Kier alpha value is -1.59. The van der Waals surface area contributed by atoms with E-state index in [0.717, 1.165) is 0 Å². The van der Waals surface area contributed by atoms with Gasteiger partial charge in [0.25, 0.3) is 0 Å². The number of carboxylic acids is 1. The van der Waals surface area contributed by atoms with Crippen molar-refractivity contribution in [1.29, 1.82) is 0 Å². The van der Waals surface area contributed by atoms with E-state index in [9.17, 15) is 14.7 Å². The summed E-state index contributed by atoms with van der Waals surface area (Å²) >= 11 is 5.44. The molecule has 1 atom stereocenters. The van der Waals surface area contributed by atoms with Gasteiger partial charge in [0, 0.05) is 6.42 Å². The van der Waals surface area contributed by atoms with Gasteiger partial charge in [-0.3, -0.25) is 4.79 Å². The number of Topliss-reactive ketones (excluding diaryl/α,β-unsaturated/α-hetero) is 1. The number of carbonyl (C=O) groups excluding carboxylic acids is 1. The van der Waals surface area contributed by atoms with Crippen molar-refractivity contribution in [2.75, 3.05) is 12.5 Å². The number of ketones is 1. The van der Waals surface area contributed by atoms with E-state index < -0.39 is 12.1 Å². The molecule has 0 radical (unpaired) electrons. The van der Waals surface area contributed by atoms with Crippen LogP contribution in [0, 0.1) is 0 Å². The van der Waals surface area contributed by atoms with Crippen molar-refractivity contribution in [3.05, 3.63) is 29.3 Å². The normalized spacial score (nSPS) is 11.9. The molecule has 0 spiro atoms. The highest BCUT2D eigenvalue weighted by Crippen LogP contribution is 2.24. The molecule has 0 amide bonds. The standard InChI is InChI=1S/C13H15ClO5/c1-2-19-10-3-4-11(12(16)13(17)18)8(6-10)5-9(15)7-14/h3-4,6,12,16H,2,5,7H2,1H3,(H,17,18). The monoisotopic (exact) mass is 286 g/mol. The van der Waals surface area contributed by atoms with Crippen LogP contribution in [0.4, 0.5) is 0 Å². The third-order valence-electron chi connectivity index (χ3n) is 2.49. The Labute approximate surface area is 115 Å². The number of rotatable bonds is 7. The Kier molecular flexibility index (Phi) is 5.79. The van der Waals surface area contributed by atoms with Gasteiger partial charge in [-0.1, -0.05) is 6.07 Å². The van der Waals surface area contributed by atoms with Crippen molar-refractivity contribution in [2.45, 2.75) is 19.4 Å². The predicted octanol–water partition coefficient (Wildman–Crippen LogP) is 1.55. The van der Waals surface area contributed by atoms with E-state index in [1.165, 1.54) is 6.07 Å². The van der Waals surface area contributed by atoms with Gasteiger partial charge >= 0.3 is 5.97 Å². The number of aliphatic hydroxyl groups is 1. The smallest absolute Gasteiger partial charge is 0.337 e. The molecule has 0 heterocycles. The molecular formula is C13H15ClO5. The first-order valence-corrected chi connectivity index (χ1v) is 6.27. The summed E-state index contributed by atoms with van der Waals surface area (Å²) in [6.07, 6.45) is -1.71. The Bertz CT molecular complexity index is 472. The van der Waals surface area contributed by atoms with E-state index in [1.54, 1.807) is 12.1 Å². The van der Waals surface area contributed by atoms with Crippen LogP contribution in [0.1, 0.15) is 24.2 Å². The number of aliphatic hydroxyl groups excluding tert-OH is 1. The number of aliphatic carboxylic acids is 1. The molecule has 19 heavy (non-hydrogen) atoms. The summed E-state index contributed by atoms with van der Waals surface area (Å²) in [6.45, 7) is 2.26. The average Bonchev–Trinajstić information content (AvgIpc) is 2.38. The third-order valence-corrected chi connectivity index (χ3v) is 2.79. The van der Waals surface area contributed by atoms with Gasteiger partial charge in [0.1, 0.15) is 5.75 Å². The van der Waals surface area contributed by atoms with Crippen LogP contribution in [0.5, 0.6) is 5.75 Å². The first-order valence-electron chi connectivity index (χ1n) is 5.73. The Morgan fingerprint density at radius 2 is 2.11 bits per heavy atom. The van der Waals surface area contributed by atoms with Crippen LogP contribution in [0.3, 0.4) is 0 Å². The lowest BCUT2D eigenvalue weighted by molar-refractivity contribution is -0.147. The van der Waals surface area contributed by atoms with Gasteiger partial charge in [0.2, 0.25) is 0 Å². The lowest BCUT2D eigenvalue weighted by Gasteiger charge is -2.13. The summed E-state index contributed by atoms with van der Waals surface area (Å²) in [7, 11) is 0. The van der Waals surface area contributed by atoms with Gasteiger partial charge < -0.3 is 14.9 Å². The summed E-state index contributed by atoms with van der Waals surface area (Å²) < 4.78 is 5.28. The molecule has 0 fully saturated rings. The summed E-state index contributed by atoms with van der Waals surface area (Å²) in [6, 6.07) is 4.55. The number of hydrogen-bond donors (Lipinski definition) is 2. The molecule has 6 heteroatoms. The van der Waals surface area contributed by atoms with Crippen LogP contribution in [0.2, 0.25) is 0 Å². The fourth-order valence-corrected chi connectivity index (χ4v) is 1.75. The highest BCUT2D eigenvalue weighted by atomic mass is 35.5. The van der Waals surface area contributed by atoms with E-state index in [1.807, 2.05) is 6.92 Å². The number of alkyl halides is 1. The van der Waals surface area contributed by atoms with Crippen molar-refractivity contribution in [3.8, 4) is 5.75 Å². The van der Waals surface area contributed by atoms with Crippen LogP contribution < -0.4 is 4.74 Å². The van der Waals surface area contributed by atoms with Crippen LogP contribution in [-0.2, 0) is 16.0 Å². The first-order chi connectivity index (χ1) is 8.99. The number of hydrogen-bond acceptors (Lipinski definition) is 4. The predicted molar refractivity (Wildman–Crippen MR) is 69.6 cm³/mol. The highest BCUT2D eigenvalue weighted by Gasteiger charge is 2.21. The van der Waals surface area contributed by atoms with E-state index in [4.69, 9.17) is 21.4 Å². The molecule has 1 aromatic carbocycles. The molecule has 1 rings (SSSR count). The average molecular weight is 287 g/mol. The van der Waals surface area contributed by atoms with E-state index in [0.29, 0.717) is 17.9 Å². The summed E-state index contributed by atoms with van der Waals surface area (Å²) in [5.41, 5.74) is 0.584. The minimum atomic E-state index is -1.67. The van der Waals surface area contributed by atoms with Crippen LogP contribution in [0.15, 0.2) is 18.2 Å². The van der Waals surface area contributed by atoms with Crippen molar-refractivity contribution in [3.63, 3.8) is 0 Å². The molecule has 0 bridgehead atoms. The molecule has 1 aromatic rings. The lowest BCUT2D eigenvalue weighted by Crippen LogP contribution is -2.15. The zero-order valence-electron chi connectivity index (χ0n) is 10.4. The summed E-state index contributed by atoms with van der Waals surface area (Å²) in [4.78, 5) is 22.2. The molecule has 0 saturated heterocycles. The number of carbonyl (C=O) groups is 2. The zero-order chi connectivity index (χ0) is 14.4. The van der Waals surface area contributed by atoms with Crippen molar-refractivity contribution in [2.24, 2.45) is 0 Å². The van der Waals surface area contributed by atoms with Crippen LogP contribution in [0.25, 0.3) is 0 Å². The molecule has 2 N–H and O–H groups in total. The molecule has 0 aromatic heterocycles. The number of carboxylic acid groups (broad SMARTS) is 1. The van der Waals surface area contributed by atoms with Gasteiger partial charge in [0.15, 0.2) is 11.9 Å². The second kappa shape index (κ2) is 7.11. The van der Waals surface area contributed by atoms with Gasteiger partial charge in [-0.2, -0.15) is 0 Å². The zero-order valence-corrected chi connectivity index (χ0v) is 11.2. The van der Waals surface area contributed by atoms with Gasteiger partial charge in [-0.25, -0.2) is 4.79 Å². The van der Waals surface area contributed by atoms with Gasteiger partial charge in [0.05, 0.1) is 12.5 Å². The van der Waals surface area contributed by atoms with Gasteiger partial charge in [-0.05, 0) is 30.2 Å². The second-order valence-corrected chi connectivity index (χ2v) is 4.15. The maximum absolute atomic E-state index is 11.4. The fourth-order valence-electron chi connectivity index (χ4n) is 1.65. The molecule has 0 saturated carbocycles. The second-order valence-electron chi connectivity index (χ2n) is 3.88. The topological polar surface area (TPSA) is 83.8 Å². The highest BCUT2D eigenvalue weighted by molar-refractivity contribution is 6.27. The lowest BCUT2D eigenvalue weighted by atomic mass is 9.98. The van der Waals surface area contributed by atoms with E-state index >= 15 is 0 Å². The van der Waals surface area contributed by atoms with E-state index in [-0.39, 0.29) is 23.6 Å². The molecule has 0 aliphatic carbocycles. The maximum atomic E-state index is 11.4. The third kappa shape index (κ3) is 4.22. The summed E-state index contributed by atoms with van der Waals surface area (Å²) in [5.74, 6) is -1.28. The number of benzene rings is 1.